The molecule has 1 saturated heterocycles. The van der Waals surface area contributed by atoms with Gasteiger partial charge in [-0.15, -0.1) is 0 Å². The van der Waals surface area contributed by atoms with Crippen LogP contribution in [0.5, 0.6) is 0 Å². The van der Waals surface area contributed by atoms with Crippen LogP contribution in [-0.4, -0.2) is 151 Å². The van der Waals surface area contributed by atoms with Crippen molar-refractivity contribution in [3.8, 4) is 34.3 Å². The van der Waals surface area contributed by atoms with Crippen LogP contribution in [0.15, 0.2) is 67.7 Å². The van der Waals surface area contributed by atoms with Crippen molar-refractivity contribution in [3.63, 3.8) is 0 Å². The Morgan fingerprint density at radius 1 is 0.908 bits per heavy atom. The molecule has 1 unspecified atom stereocenters. The van der Waals surface area contributed by atoms with Crippen LogP contribution in [0.2, 0.25) is 0 Å². The van der Waals surface area contributed by atoms with Gasteiger partial charge in [0.25, 0.3) is 26.1 Å². The SMILES string of the molecule is CCSSCO[C@@H]1C[C@H](n2cc(C#CCNC(=O)NCCCCCOCSSCCNC(=O)c3ccc(C(=O)O)c(-c4c5ccc(=N)c(S(=O)(=O)O)c-5oc5c(S(=O)(=O)O)c(N)ccc45)c3)c(N)nc2=O)O[C@@H]1COP(=O)(O)O[PH](O)(O)OP(=O)(O)O. The molecule has 0 radical (unpaired) electrons. The van der Waals surface area contributed by atoms with Gasteiger partial charge >= 0.3 is 219 Å². The number of hydrogen-bond donors (Lipinski definition) is 14. The molecule has 0 spiro atoms. The Kier molecular flexibility index (Phi) is 25.5. The molecule has 0 bridgehead atoms. The number of carbonyl (C=O) groups is 3. The molecule has 42 heteroatoms. The maximum absolute atomic E-state index is 13.4. The van der Waals surface area contributed by atoms with Crippen LogP contribution in [0.1, 0.15) is 65.1 Å². The van der Waals surface area contributed by atoms with E-state index in [-0.39, 0.29) is 64.5 Å². The van der Waals surface area contributed by atoms with Crippen molar-refractivity contribution in [3.05, 3.63) is 81.2 Å². The predicted molar refractivity (Wildman–Crippen MR) is 320 cm³/mol. The normalized spacial score (nSPS) is 16.5. The van der Waals surface area contributed by atoms with Gasteiger partial charge in [-0.3, -0.25) is 19.3 Å². The number of phosphoric acid groups is 2. The number of carbonyl (C=O) groups excluding carboxylic acids is 2. The molecule has 3 aliphatic rings. The fourth-order valence-electron chi connectivity index (χ4n) is 8.13. The van der Waals surface area contributed by atoms with Gasteiger partial charge in [0.05, 0.1) is 23.2 Å². The first-order chi connectivity index (χ1) is 40.8. The summed E-state index contributed by atoms with van der Waals surface area (Å²) >= 11 is 0. The number of phosphoric ester groups is 1. The summed E-state index contributed by atoms with van der Waals surface area (Å²) in [6.07, 6.45) is -0.0302. The number of aromatic carboxylic acids is 1. The van der Waals surface area contributed by atoms with Gasteiger partial charge < -0.3 is 35.9 Å². The van der Waals surface area contributed by atoms with Crippen LogP contribution in [0.3, 0.4) is 0 Å². The van der Waals surface area contributed by atoms with Crippen molar-refractivity contribution in [1.29, 1.82) is 5.41 Å². The number of unbranched alkanes of at least 4 members (excludes halogenated alkanes) is 2. The quantitative estimate of drug-likeness (QED) is 0.00437. The Bertz CT molecular complexity index is 3850. The third-order valence-electron chi connectivity index (χ3n) is 11.7. The van der Waals surface area contributed by atoms with E-state index in [9.17, 15) is 74.0 Å². The van der Waals surface area contributed by atoms with Crippen LogP contribution in [0.25, 0.3) is 33.4 Å². The molecule has 4 atom stereocenters. The van der Waals surface area contributed by atoms with E-state index in [1.807, 2.05) is 6.92 Å². The van der Waals surface area contributed by atoms with Gasteiger partial charge in [0.1, 0.15) is 5.94 Å². The first-order valence-corrected chi connectivity index (χ1v) is 37.5. The zero-order valence-electron chi connectivity index (χ0n) is 45.0. The van der Waals surface area contributed by atoms with Crippen molar-refractivity contribution < 1.29 is 111 Å². The molecule has 3 aromatic rings. The number of nitrogen functional groups attached to an aromatic ring is 2. The Balaban J connectivity index is 0.916. The molecule has 2 aliphatic heterocycles. The molecule has 87 heavy (non-hydrogen) atoms. The second kappa shape index (κ2) is 31.2. The molecule has 33 nitrogen and oxygen atoms in total. The topological polar surface area (TPSA) is 531 Å². The number of amides is 3. The Morgan fingerprint density at radius 2 is 1.63 bits per heavy atom. The number of carboxylic acids is 1. The Labute approximate surface area is 510 Å². The van der Waals surface area contributed by atoms with Gasteiger partial charge in [-0.1, -0.05) is 21.6 Å². The number of aromatic nitrogens is 2. The zero-order valence-corrected chi connectivity index (χ0v) is 52.6. The van der Waals surface area contributed by atoms with E-state index < -0.39 is 130 Å². The van der Waals surface area contributed by atoms with Crippen LogP contribution < -0.4 is 38.5 Å². The summed E-state index contributed by atoms with van der Waals surface area (Å²) < 4.78 is 131. The zero-order chi connectivity index (χ0) is 64.1. The molecule has 3 heterocycles. The number of rotatable bonds is 31. The summed E-state index contributed by atoms with van der Waals surface area (Å²) in [5.74, 6) is 3.81. The van der Waals surface area contributed by atoms with Gasteiger partial charge in [-0.25, -0.2) is 9.59 Å². The van der Waals surface area contributed by atoms with E-state index in [1.165, 1.54) is 73.6 Å². The molecule has 1 aromatic heterocycles. The summed E-state index contributed by atoms with van der Waals surface area (Å²) in [4.78, 5) is 100. The number of nitrogens with zero attached hydrogens (tertiary/aromatic N) is 2. The monoisotopic (exact) mass is 1390 g/mol. The first kappa shape index (κ1) is 71.1. The number of nitrogens with one attached hydrogen (secondary N) is 4. The van der Waals surface area contributed by atoms with E-state index in [4.69, 9.17) is 49.8 Å². The minimum absolute atomic E-state index is 0.0427. The average Bonchev–Trinajstić information content (AvgIpc) is 1.23. The Morgan fingerprint density at radius 3 is 2.32 bits per heavy atom. The van der Waals surface area contributed by atoms with Gasteiger partial charge in [0.15, 0.2) is 21.1 Å². The second-order valence-electron chi connectivity index (χ2n) is 17.8. The number of anilines is 2. The summed E-state index contributed by atoms with van der Waals surface area (Å²) in [5.41, 5.74) is 8.65. The van der Waals surface area contributed by atoms with Crippen LogP contribution >= 0.6 is 67.0 Å². The van der Waals surface area contributed by atoms with Crippen molar-refractivity contribution in [2.24, 2.45) is 0 Å². The standard InChI is InChI=1S/C45H57N8O25P3S6/c1-2-82-85-24-73-33-20-35(75-34(33)22-74-80(62,63)78-81(64,65)77-79(59,60)61)53-21-26(41(48)52-45(53)58)7-6-15-51-44(57)50-14-4-3-5-17-72-23-84-83-18-16-49-42(54)25-8-9-27(43(55)56)30(19-25)36-28-10-12-31(46)39(86(66,67)68)37(28)76-38-29(36)11-13-32(47)40(38)87(69,70)71/h8-13,19,21,33-35,46,64-65,81H,2-5,14-18,20,22-24,47H2,1H3,(H,49,54)(H,55,56)(H,62,63)(H2,48,52,58)(H2,50,51,57)(H2,59,60,61)(H,66,67,68)(H,69,70,71)/t33-,34-,35-/m1/s1. The van der Waals surface area contributed by atoms with Crippen molar-refractivity contribution in [1.82, 2.24) is 25.5 Å². The molecular weight excluding hydrogens is 1340 g/mol. The predicted octanol–water partition coefficient (Wildman–Crippen LogP) is 3.87. The van der Waals surface area contributed by atoms with Crippen LogP contribution in [-0.2, 0) is 56.7 Å². The van der Waals surface area contributed by atoms with E-state index in [2.05, 4.69) is 41.4 Å². The van der Waals surface area contributed by atoms with Crippen molar-refractivity contribution in [2.45, 2.75) is 60.8 Å². The summed E-state index contributed by atoms with van der Waals surface area (Å²) in [5, 5.41) is 25.5. The maximum atomic E-state index is 13.4. The fraction of sp³-hybridized carbons (Fsp3) is 0.378. The molecule has 1 fully saturated rings. The fourth-order valence-corrected chi connectivity index (χ4v) is 15.9. The van der Waals surface area contributed by atoms with Gasteiger partial charge in [0, 0.05) is 47.5 Å². The second-order valence-corrected chi connectivity index (χ2v) is 30.5. The summed E-state index contributed by atoms with van der Waals surface area (Å²) in [6, 6.07) is 7.43. The number of ether oxygens (including phenoxy) is 3. The van der Waals surface area contributed by atoms with Crippen molar-refractivity contribution >= 4 is 128 Å². The molecule has 478 valence electrons. The molecule has 0 saturated carbocycles. The number of hydrogen-bond acceptors (Lipinski definition) is 27. The molecule has 2 aromatic carbocycles. The van der Waals surface area contributed by atoms with E-state index in [0.717, 1.165) is 28.5 Å². The minimum atomic E-state index is -5.88. The number of nitrogens with two attached hydrogens (primary N) is 2. The molecular formula is C45H57N8O25P3S6. The van der Waals surface area contributed by atoms with Crippen LogP contribution in [0.4, 0.5) is 16.3 Å². The van der Waals surface area contributed by atoms with E-state index >= 15 is 0 Å². The van der Waals surface area contributed by atoms with Crippen LogP contribution in [0, 0.1) is 17.3 Å². The number of urea groups is 1. The van der Waals surface area contributed by atoms with Gasteiger partial charge in [-0.05, 0) is 67.3 Å². The molecule has 6 rings (SSSR count). The van der Waals surface area contributed by atoms with E-state index in [0.29, 0.717) is 44.1 Å². The van der Waals surface area contributed by atoms with Gasteiger partial charge in [-0.2, -0.15) is 16.8 Å². The number of fused-ring (bicyclic) bond motifs is 2. The van der Waals surface area contributed by atoms with Gasteiger partial charge in [0.2, 0.25) is 0 Å². The summed E-state index contributed by atoms with van der Waals surface area (Å²) in [6.45, 7) is 1.82. The molecule has 16 N–H and O–H groups in total. The third kappa shape index (κ3) is 20.5. The van der Waals surface area contributed by atoms with E-state index in [1.54, 1.807) is 0 Å². The van der Waals surface area contributed by atoms with Crippen molar-refractivity contribution in [2.75, 3.05) is 67.7 Å². The summed E-state index contributed by atoms with van der Waals surface area (Å²) in [7, 11) is -21.8. The average molecular weight is 1400 g/mol. The first-order valence-electron chi connectivity index (χ1n) is 24.9. The number of carboxylic acid groups (broad SMARTS) is 1. The third-order valence-corrected chi connectivity index (χ3v) is 22.0. The molecule has 1 aliphatic carbocycles. The Hall–Kier alpha value is -4.95. The number of benzene rings is 3. The molecule has 3 amide bonds.